The molecule has 0 bridgehead atoms. The van der Waals surface area contributed by atoms with E-state index < -0.39 is 13.5 Å². The number of fused-ring (bicyclic) bond motifs is 15. The third-order valence-corrected chi connectivity index (χ3v) is 20.5. The maximum Gasteiger partial charge on any atom is 0.113 e. The average molecular weight is 913 g/mol. The molecule has 0 saturated heterocycles. The Kier molecular flexibility index (Phi) is 8.06. The fourth-order valence-corrected chi connectivity index (χ4v) is 17.3. The van der Waals surface area contributed by atoms with Crippen LogP contribution in [0.1, 0.15) is 22.3 Å². The van der Waals surface area contributed by atoms with Crippen LogP contribution in [0.5, 0.6) is 0 Å². The van der Waals surface area contributed by atoms with Crippen LogP contribution in [0.25, 0.3) is 80.3 Å². The first kappa shape index (κ1) is 39.0. The molecular weight excluding hydrogens is 869 g/mol. The van der Waals surface area contributed by atoms with Gasteiger partial charge in [-0.3, -0.25) is 0 Å². The van der Waals surface area contributed by atoms with E-state index in [1.54, 1.807) is 0 Å². The molecule has 324 valence electrons. The van der Waals surface area contributed by atoms with Gasteiger partial charge in [0.05, 0.1) is 27.8 Å². The molecule has 2 aliphatic rings. The molecule has 0 saturated carbocycles. The van der Waals surface area contributed by atoms with Gasteiger partial charge in [-0.1, -0.05) is 189 Å². The zero-order valence-corrected chi connectivity index (χ0v) is 40.1. The van der Waals surface area contributed by atoms with Crippen LogP contribution >= 0.6 is 11.3 Å². The molecule has 4 heteroatoms. The molecule has 0 radical (unpaired) electrons. The van der Waals surface area contributed by atoms with Gasteiger partial charge in [0.2, 0.25) is 0 Å². The van der Waals surface area contributed by atoms with Crippen molar-refractivity contribution in [3.05, 3.63) is 253 Å². The van der Waals surface area contributed by atoms with E-state index in [2.05, 4.69) is 253 Å². The smallest absolute Gasteiger partial charge is 0.113 e. The molecule has 0 amide bonds. The van der Waals surface area contributed by atoms with Gasteiger partial charge in [0.15, 0.2) is 0 Å². The van der Waals surface area contributed by atoms with E-state index in [1.807, 2.05) is 11.3 Å². The zero-order valence-electron chi connectivity index (χ0n) is 38.2. The summed E-state index contributed by atoms with van der Waals surface area (Å²) in [6.45, 7) is 5.16. The van der Waals surface area contributed by atoms with Gasteiger partial charge in [0, 0.05) is 47.7 Å². The topological polar surface area (TPSA) is 8.17 Å². The standard InChI is InChI=1S/C65H44N2SSi/c1-69(2)61-34-12-9-27-52(61)65(51-26-8-5-22-46(51)49-25-13-19-42-20-14-28-54(65)63(42)49)53-38-36-44(40-62(53)69)66(57-31-16-33-60-64(57)50-24-7-11-32-59(50)68-60)43-35-37-48-47-23-6-10-29-56(47)67(58(48)39-43)55-30-15-18-41-17-3-4-21-45(41)55/h3-40H,1-2H3. The minimum atomic E-state index is -2.38. The van der Waals surface area contributed by atoms with Gasteiger partial charge in [-0.25, -0.2) is 0 Å². The summed E-state index contributed by atoms with van der Waals surface area (Å²) in [5, 5.41) is 13.1. The number of benzene rings is 11. The second-order valence-corrected chi connectivity index (χ2v) is 25.0. The zero-order chi connectivity index (χ0) is 45.6. The number of thiophene rings is 1. The minimum absolute atomic E-state index is 0.510. The normalized spacial score (nSPS) is 15.6. The summed E-state index contributed by atoms with van der Waals surface area (Å²) in [5.74, 6) is 0. The van der Waals surface area contributed by atoms with Crippen molar-refractivity contribution < 1.29 is 0 Å². The Labute approximate surface area is 405 Å². The number of para-hydroxylation sites is 1. The number of hydrogen-bond donors (Lipinski definition) is 0. The van der Waals surface area contributed by atoms with E-state index in [4.69, 9.17) is 0 Å². The summed E-state index contributed by atoms with van der Waals surface area (Å²) in [7, 11) is -2.38. The van der Waals surface area contributed by atoms with Gasteiger partial charge in [0.25, 0.3) is 0 Å². The maximum absolute atomic E-state index is 2.61. The minimum Gasteiger partial charge on any atom is -0.310 e. The molecule has 3 heterocycles. The van der Waals surface area contributed by atoms with E-state index in [0.29, 0.717) is 0 Å². The third kappa shape index (κ3) is 5.20. The number of anilines is 3. The quantitative estimate of drug-likeness (QED) is 0.160. The molecule has 13 aromatic rings. The van der Waals surface area contributed by atoms with Crippen molar-refractivity contribution in [3.63, 3.8) is 0 Å². The highest BCUT2D eigenvalue weighted by Crippen LogP contribution is 2.57. The average Bonchev–Trinajstić information content (AvgIpc) is 3.95. The third-order valence-electron chi connectivity index (χ3n) is 15.8. The molecule has 15 rings (SSSR count). The maximum atomic E-state index is 2.61. The van der Waals surface area contributed by atoms with Crippen molar-refractivity contribution in [1.82, 2.24) is 4.57 Å². The van der Waals surface area contributed by atoms with Crippen LogP contribution in [-0.4, -0.2) is 12.6 Å². The van der Waals surface area contributed by atoms with Crippen molar-refractivity contribution in [1.29, 1.82) is 0 Å². The first-order chi connectivity index (χ1) is 34.0. The van der Waals surface area contributed by atoms with Gasteiger partial charge in [-0.15, -0.1) is 11.3 Å². The van der Waals surface area contributed by atoms with Crippen molar-refractivity contribution in [2.45, 2.75) is 18.5 Å². The van der Waals surface area contributed by atoms with E-state index in [0.717, 1.165) is 5.69 Å². The fourth-order valence-electron chi connectivity index (χ4n) is 12.9. The lowest BCUT2D eigenvalue weighted by atomic mass is 9.59. The van der Waals surface area contributed by atoms with Crippen LogP contribution in [0.15, 0.2) is 231 Å². The highest BCUT2D eigenvalue weighted by Gasteiger charge is 2.52. The molecule has 1 aliphatic carbocycles. The molecule has 0 fully saturated rings. The molecule has 0 N–H and O–H groups in total. The second kappa shape index (κ2) is 14.3. The Balaban J connectivity index is 1.05. The molecule has 2 nitrogen and oxygen atoms in total. The summed E-state index contributed by atoms with van der Waals surface area (Å²) in [5.41, 5.74) is 14.7. The first-order valence-electron chi connectivity index (χ1n) is 24.1. The molecule has 1 unspecified atom stereocenters. The molecule has 1 aliphatic heterocycles. The molecule has 1 spiro atoms. The second-order valence-electron chi connectivity index (χ2n) is 19.5. The van der Waals surface area contributed by atoms with Crippen LogP contribution in [0.4, 0.5) is 17.1 Å². The summed E-state index contributed by atoms with van der Waals surface area (Å²) in [6.07, 6.45) is 0. The Morgan fingerprint density at radius 2 is 1.01 bits per heavy atom. The van der Waals surface area contributed by atoms with Crippen LogP contribution in [0, 0.1) is 0 Å². The van der Waals surface area contributed by atoms with Crippen molar-refractivity contribution in [2.75, 3.05) is 4.90 Å². The monoisotopic (exact) mass is 912 g/mol. The van der Waals surface area contributed by atoms with Gasteiger partial charge in [-0.2, -0.15) is 0 Å². The largest absolute Gasteiger partial charge is 0.310 e. The molecule has 2 aromatic heterocycles. The van der Waals surface area contributed by atoms with Gasteiger partial charge in [0.1, 0.15) is 8.07 Å². The number of hydrogen-bond acceptors (Lipinski definition) is 2. The predicted octanol–water partition coefficient (Wildman–Crippen LogP) is 16.4. The van der Waals surface area contributed by atoms with Gasteiger partial charge < -0.3 is 9.47 Å². The highest BCUT2D eigenvalue weighted by molar-refractivity contribution is 7.26. The number of aromatic nitrogens is 1. The van der Waals surface area contributed by atoms with E-state index in [9.17, 15) is 0 Å². The van der Waals surface area contributed by atoms with Gasteiger partial charge in [-0.05, 0) is 115 Å². The molecular formula is C65H44N2SSi. The van der Waals surface area contributed by atoms with E-state index in [-0.39, 0.29) is 0 Å². The molecule has 11 aromatic carbocycles. The summed E-state index contributed by atoms with van der Waals surface area (Å²) in [6, 6.07) is 87.6. The Bertz CT molecular complexity index is 4320. The highest BCUT2D eigenvalue weighted by atomic mass is 32.1. The number of rotatable bonds is 4. The van der Waals surface area contributed by atoms with Crippen LogP contribution < -0.4 is 15.3 Å². The Morgan fingerprint density at radius 1 is 0.406 bits per heavy atom. The lowest BCUT2D eigenvalue weighted by Gasteiger charge is -2.50. The SMILES string of the molecule is C[Si]1(C)c2ccccc2C2(c3ccccc3-c3cccc4cccc2c34)c2ccc(N(c3ccc4c5ccccc5n(-c5cccc6ccccc56)c4c3)c3cccc4sc5ccccc5c34)cc21. The first-order valence-corrected chi connectivity index (χ1v) is 27.9. The van der Waals surface area contributed by atoms with E-state index in [1.165, 1.54) is 124 Å². The molecule has 69 heavy (non-hydrogen) atoms. The van der Waals surface area contributed by atoms with Crippen LogP contribution in [0.3, 0.4) is 0 Å². The predicted molar refractivity (Wildman–Crippen MR) is 297 cm³/mol. The number of nitrogens with zero attached hydrogens (tertiary/aromatic N) is 2. The van der Waals surface area contributed by atoms with E-state index >= 15 is 0 Å². The van der Waals surface area contributed by atoms with Crippen molar-refractivity contribution >= 4 is 110 Å². The van der Waals surface area contributed by atoms with Crippen LogP contribution in [0.2, 0.25) is 13.1 Å². The Morgan fingerprint density at radius 3 is 1.93 bits per heavy atom. The lowest BCUT2D eigenvalue weighted by Crippen LogP contribution is -2.63. The summed E-state index contributed by atoms with van der Waals surface area (Å²) >= 11 is 1.88. The molecule has 1 atom stereocenters. The fraction of sp³-hybridized carbons (Fsp3) is 0.0462. The van der Waals surface area contributed by atoms with Crippen molar-refractivity contribution in [3.8, 4) is 16.8 Å². The van der Waals surface area contributed by atoms with Gasteiger partial charge >= 0.3 is 0 Å². The van der Waals surface area contributed by atoms with Crippen LogP contribution in [-0.2, 0) is 5.41 Å². The summed E-state index contributed by atoms with van der Waals surface area (Å²) in [4.78, 5) is 2.58. The van der Waals surface area contributed by atoms with Crippen molar-refractivity contribution in [2.24, 2.45) is 0 Å². The summed E-state index contributed by atoms with van der Waals surface area (Å²) < 4.78 is 5.09. The Hall–Kier alpha value is -8.02. The lowest BCUT2D eigenvalue weighted by molar-refractivity contribution is 0.754.